The lowest BCUT2D eigenvalue weighted by molar-refractivity contribution is -0.136. The molecular weight excluding hydrogens is 450 g/mol. The lowest BCUT2D eigenvalue weighted by atomic mass is 10.0. The van der Waals surface area contributed by atoms with Crippen LogP contribution in [0.2, 0.25) is 0 Å². The summed E-state index contributed by atoms with van der Waals surface area (Å²) in [7, 11) is 0. The number of piperidine rings is 1. The Kier molecular flexibility index (Phi) is 6.02. The molecule has 1 aliphatic carbocycles. The molecule has 2 aromatic rings. The Bertz CT molecular complexity index is 1260. The summed E-state index contributed by atoms with van der Waals surface area (Å²) < 4.78 is 0. The van der Waals surface area contributed by atoms with Crippen molar-refractivity contribution in [3.8, 4) is 0 Å². The number of hydrogen-bond acceptors (Lipinski definition) is 6. The minimum Gasteiger partial charge on any atom is -0.338 e. The van der Waals surface area contributed by atoms with Crippen LogP contribution in [0.3, 0.4) is 0 Å². The number of aryl methyl sites for hydroxylation is 3. The molecule has 3 aliphatic rings. The van der Waals surface area contributed by atoms with Crippen LogP contribution < -0.4 is 16.0 Å². The molecule has 3 heterocycles. The first-order valence-corrected chi connectivity index (χ1v) is 11.8. The number of benzene rings is 1. The number of carbonyl (C=O) groups excluding carboxylic acids is 5. The summed E-state index contributed by atoms with van der Waals surface area (Å²) in [4.78, 5) is 66.8. The molecule has 0 bridgehead atoms. The van der Waals surface area contributed by atoms with E-state index < -0.39 is 29.7 Å². The molecule has 35 heavy (non-hydrogen) atoms. The van der Waals surface area contributed by atoms with E-state index in [1.807, 2.05) is 6.07 Å². The standard InChI is InChI=1S/C25H25N5O5/c31-21-9-8-20(22(32)29-21)30-23(33)17-7-6-14(11-18(17)24(30)34)3-2-10-26-25(35)28-16-12-15-4-1-5-19(15)27-13-16/h6-7,11-13,20H,1-5,8-10H2,(H2,26,28,35)(H,29,31,32). The molecule has 1 fully saturated rings. The van der Waals surface area contributed by atoms with Gasteiger partial charge in [0.25, 0.3) is 11.8 Å². The van der Waals surface area contributed by atoms with Crippen LogP contribution in [0.5, 0.6) is 0 Å². The minimum atomic E-state index is -0.980. The number of imide groups is 2. The SMILES string of the molecule is O=C1CCC(N2C(=O)c3ccc(CCCNC(=O)Nc4cnc5c(c4)CCC5)cc3C2=O)C(=O)N1. The number of amides is 6. The number of aromatic nitrogens is 1. The topological polar surface area (TPSA) is 138 Å². The Morgan fingerprint density at radius 3 is 2.71 bits per heavy atom. The highest BCUT2D eigenvalue weighted by Crippen LogP contribution is 2.28. The molecule has 10 nitrogen and oxygen atoms in total. The van der Waals surface area contributed by atoms with E-state index in [2.05, 4.69) is 20.9 Å². The van der Waals surface area contributed by atoms with E-state index >= 15 is 0 Å². The number of urea groups is 1. The summed E-state index contributed by atoms with van der Waals surface area (Å²) in [5.74, 6) is -2.08. The predicted octanol–water partition coefficient (Wildman–Crippen LogP) is 1.73. The quantitative estimate of drug-likeness (QED) is 0.430. The maximum Gasteiger partial charge on any atom is 0.319 e. The van der Waals surface area contributed by atoms with Gasteiger partial charge in [0.1, 0.15) is 6.04 Å². The first kappa shape index (κ1) is 22.7. The molecule has 1 atom stereocenters. The normalized spacial score (nSPS) is 18.9. The molecule has 1 unspecified atom stereocenters. The maximum absolute atomic E-state index is 12.9. The van der Waals surface area contributed by atoms with E-state index in [4.69, 9.17) is 0 Å². The van der Waals surface area contributed by atoms with Gasteiger partial charge in [0.05, 0.1) is 23.0 Å². The number of rotatable bonds is 6. The fourth-order valence-corrected chi connectivity index (χ4v) is 4.84. The molecule has 180 valence electrons. The molecule has 1 saturated heterocycles. The van der Waals surface area contributed by atoms with Crippen molar-refractivity contribution >= 4 is 35.3 Å². The van der Waals surface area contributed by atoms with E-state index in [9.17, 15) is 24.0 Å². The Labute approximate surface area is 201 Å². The number of nitrogens with zero attached hydrogens (tertiary/aromatic N) is 2. The third kappa shape index (κ3) is 4.51. The first-order chi connectivity index (χ1) is 16.9. The average molecular weight is 476 g/mol. The predicted molar refractivity (Wildman–Crippen MR) is 125 cm³/mol. The molecule has 2 aliphatic heterocycles. The zero-order valence-corrected chi connectivity index (χ0v) is 19.1. The van der Waals surface area contributed by atoms with Gasteiger partial charge in [-0.2, -0.15) is 0 Å². The third-order valence-electron chi connectivity index (χ3n) is 6.61. The van der Waals surface area contributed by atoms with Crippen LogP contribution >= 0.6 is 0 Å². The van der Waals surface area contributed by atoms with Crippen molar-refractivity contribution in [2.75, 3.05) is 11.9 Å². The lowest BCUT2D eigenvalue weighted by Gasteiger charge is -2.27. The summed E-state index contributed by atoms with van der Waals surface area (Å²) >= 11 is 0. The highest BCUT2D eigenvalue weighted by Gasteiger charge is 2.44. The molecule has 10 heteroatoms. The molecule has 3 N–H and O–H groups in total. The van der Waals surface area contributed by atoms with Gasteiger partial charge in [0.15, 0.2) is 0 Å². The number of anilines is 1. The van der Waals surface area contributed by atoms with Crippen molar-refractivity contribution in [1.82, 2.24) is 20.5 Å². The molecule has 0 radical (unpaired) electrons. The van der Waals surface area contributed by atoms with Crippen molar-refractivity contribution in [2.45, 2.75) is 51.0 Å². The van der Waals surface area contributed by atoms with Gasteiger partial charge in [-0.25, -0.2) is 4.79 Å². The zero-order valence-electron chi connectivity index (χ0n) is 19.1. The van der Waals surface area contributed by atoms with Gasteiger partial charge in [0, 0.05) is 18.7 Å². The van der Waals surface area contributed by atoms with E-state index in [0.29, 0.717) is 25.1 Å². The highest BCUT2D eigenvalue weighted by atomic mass is 16.2. The summed E-state index contributed by atoms with van der Waals surface area (Å²) in [6, 6.07) is 5.71. The second-order valence-corrected chi connectivity index (χ2v) is 8.99. The van der Waals surface area contributed by atoms with Crippen molar-refractivity contribution < 1.29 is 24.0 Å². The first-order valence-electron chi connectivity index (χ1n) is 11.8. The minimum absolute atomic E-state index is 0.0820. The number of nitrogens with one attached hydrogen (secondary N) is 3. The van der Waals surface area contributed by atoms with Crippen molar-refractivity contribution in [1.29, 1.82) is 0 Å². The van der Waals surface area contributed by atoms with Gasteiger partial charge in [-0.05, 0) is 67.9 Å². The average Bonchev–Trinajstić information content (AvgIpc) is 3.39. The summed E-state index contributed by atoms with van der Waals surface area (Å²) in [5, 5.41) is 7.81. The highest BCUT2D eigenvalue weighted by molar-refractivity contribution is 6.23. The second-order valence-electron chi connectivity index (χ2n) is 8.99. The zero-order chi connectivity index (χ0) is 24.5. The van der Waals surface area contributed by atoms with Crippen LogP contribution in [0.1, 0.15) is 63.2 Å². The Hall–Kier alpha value is -4.08. The Balaban J connectivity index is 1.14. The third-order valence-corrected chi connectivity index (χ3v) is 6.61. The van der Waals surface area contributed by atoms with Crippen LogP contribution in [0.15, 0.2) is 30.5 Å². The molecule has 6 amide bonds. The van der Waals surface area contributed by atoms with Crippen LogP contribution in [0.4, 0.5) is 10.5 Å². The number of carbonyl (C=O) groups is 5. The Morgan fingerprint density at radius 1 is 1.06 bits per heavy atom. The van der Waals surface area contributed by atoms with Crippen molar-refractivity contribution in [3.05, 3.63) is 58.4 Å². The smallest absolute Gasteiger partial charge is 0.319 e. The fourth-order valence-electron chi connectivity index (χ4n) is 4.84. The van der Waals surface area contributed by atoms with Gasteiger partial charge in [0.2, 0.25) is 11.8 Å². The fraction of sp³-hybridized carbons (Fsp3) is 0.360. The van der Waals surface area contributed by atoms with Crippen LogP contribution in [-0.2, 0) is 28.9 Å². The van der Waals surface area contributed by atoms with Gasteiger partial charge >= 0.3 is 6.03 Å². The second kappa shape index (κ2) is 9.28. The molecule has 1 aromatic heterocycles. The van der Waals surface area contributed by atoms with Crippen molar-refractivity contribution in [2.24, 2.45) is 0 Å². The largest absolute Gasteiger partial charge is 0.338 e. The molecule has 5 rings (SSSR count). The maximum atomic E-state index is 12.9. The molecule has 0 saturated carbocycles. The molecule has 1 aromatic carbocycles. The van der Waals surface area contributed by atoms with E-state index in [1.54, 1.807) is 24.4 Å². The summed E-state index contributed by atoms with van der Waals surface area (Å²) in [5.41, 5.74) is 4.32. The van der Waals surface area contributed by atoms with Gasteiger partial charge < -0.3 is 10.6 Å². The summed E-state index contributed by atoms with van der Waals surface area (Å²) in [6.45, 7) is 0.427. The van der Waals surface area contributed by atoms with Gasteiger partial charge in [-0.15, -0.1) is 0 Å². The van der Waals surface area contributed by atoms with Crippen molar-refractivity contribution in [3.63, 3.8) is 0 Å². The van der Waals surface area contributed by atoms with Crippen LogP contribution in [-0.4, -0.2) is 52.1 Å². The Morgan fingerprint density at radius 2 is 1.89 bits per heavy atom. The summed E-state index contributed by atoms with van der Waals surface area (Å²) in [6.07, 6.45) is 6.16. The van der Waals surface area contributed by atoms with Gasteiger partial charge in [-0.3, -0.25) is 34.4 Å². The number of hydrogen-bond donors (Lipinski definition) is 3. The number of pyridine rings is 1. The van der Waals surface area contributed by atoms with E-state index in [-0.39, 0.29) is 30.0 Å². The van der Waals surface area contributed by atoms with E-state index in [0.717, 1.165) is 35.4 Å². The number of fused-ring (bicyclic) bond motifs is 2. The molecule has 0 spiro atoms. The van der Waals surface area contributed by atoms with Crippen LogP contribution in [0.25, 0.3) is 0 Å². The molecular formula is C25H25N5O5. The monoisotopic (exact) mass is 475 g/mol. The van der Waals surface area contributed by atoms with Crippen LogP contribution in [0, 0.1) is 0 Å². The van der Waals surface area contributed by atoms with E-state index in [1.165, 1.54) is 5.56 Å². The lowest BCUT2D eigenvalue weighted by Crippen LogP contribution is -2.54. The van der Waals surface area contributed by atoms with Gasteiger partial charge in [-0.1, -0.05) is 6.07 Å².